The molecule has 142 valence electrons. The molecule has 0 radical (unpaired) electrons. The number of aromatic nitrogens is 1. The topological polar surface area (TPSA) is 77.3 Å². The summed E-state index contributed by atoms with van der Waals surface area (Å²) in [5.74, 6) is 0. The van der Waals surface area contributed by atoms with Gasteiger partial charge in [0.25, 0.3) is 0 Å². The number of para-hydroxylation sites is 1. The van der Waals surface area contributed by atoms with E-state index in [9.17, 15) is 13.7 Å². The molecule has 1 aliphatic heterocycles. The predicted octanol–water partition coefficient (Wildman–Crippen LogP) is 2.93. The lowest BCUT2D eigenvalue weighted by molar-refractivity contribution is 0.385. The molecule has 0 bridgehead atoms. The van der Waals surface area contributed by atoms with Crippen molar-refractivity contribution < 1.29 is 8.42 Å². The summed E-state index contributed by atoms with van der Waals surface area (Å²) < 4.78 is 27.5. The molecule has 7 heteroatoms. The number of anilines is 1. The first-order chi connectivity index (χ1) is 13.5. The van der Waals surface area contributed by atoms with Crippen LogP contribution >= 0.6 is 0 Å². The number of aryl methyl sites for hydroxylation is 1. The van der Waals surface area contributed by atoms with Crippen LogP contribution in [-0.4, -0.2) is 43.9 Å². The number of fused-ring (bicyclic) bond motifs is 1. The van der Waals surface area contributed by atoms with Crippen LogP contribution in [0.3, 0.4) is 0 Å². The largest absolute Gasteiger partial charge is 0.368 e. The van der Waals surface area contributed by atoms with Crippen LogP contribution in [0.4, 0.5) is 5.69 Å². The Bertz CT molecular complexity index is 1180. The van der Waals surface area contributed by atoms with Gasteiger partial charge >= 0.3 is 0 Å². The molecule has 3 aromatic rings. The maximum atomic E-state index is 13.0. The fraction of sp³-hybridized carbons (Fsp3) is 0.238. The van der Waals surface area contributed by atoms with Crippen molar-refractivity contribution in [2.75, 3.05) is 31.1 Å². The first-order valence-corrected chi connectivity index (χ1v) is 10.6. The first kappa shape index (κ1) is 18.4. The quantitative estimate of drug-likeness (QED) is 0.685. The lowest BCUT2D eigenvalue weighted by atomic mass is 10.1. The van der Waals surface area contributed by atoms with E-state index in [-0.39, 0.29) is 10.5 Å². The molecule has 0 amide bonds. The highest BCUT2D eigenvalue weighted by Gasteiger charge is 2.30. The third kappa shape index (κ3) is 3.21. The second-order valence-corrected chi connectivity index (χ2v) is 8.71. The van der Waals surface area contributed by atoms with Crippen molar-refractivity contribution in [3.63, 3.8) is 0 Å². The van der Waals surface area contributed by atoms with Crippen molar-refractivity contribution in [2.45, 2.75) is 11.8 Å². The van der Waals surface area contributed by atoms with Crippen LogP contribution in [0.25, 0.3) is 10.9 Å². The minimum absolute atomic E-state index is 0.0798. The van der Waals surface area contributed by atoms with Crippen LogP contribution in [0.5, 0.6) is 0 Å². The first-order valence-electron chi connectivity index (χ1n) is 9.11. The van der Waals surface area contributed by atoms with Gasteiger partial charge in [-0.25, -0.2) is 8.42 Å². The molecule has 1 aromatic heterocycles. The van der Waals surface area contributed by atoms with Crippen molar-refractivity contribution >= 4 is 26.6 Å². The van der Waals surface area contributed by atoms with Gasteiger partial charge < -0.3 is 4.90 Å². The van der Waals surface area contributed by atoms with Crippen LogP contribution in [0, 0.1) is 18.3 Å². The van der Waals surface area contributed by atoms with Crippen molar-refractivity contribution in [1.29, 1.82) is 5.26 Å². The minimum atomic E-state index is -3.69. The van der Waals surface area contributed by atoms with Gasteiger partial charge in [-0.05, 0) is 31.2 Å². The molecule has 1 aliphatic rings. The monoisotopic (exact) mass is 392 g/mol. The van der Waals surface area contributed by atoms with Gasteiger partial charge in [0.2, 0.25) is 10.0 Å². The third-order valence-electron chi connectivity index (χ3n) is 5.03. The summed E-state index contributed by atoms with van der Waals surface area (Å²) >= 11 is 0. The Morgan fingerprint density at radius 3 is 2.43 bits per heavy atom. The van der Waals surface area contributed by atoms with Crippen molar-refractivity contribution in [1.82, 2.24) is 9.29 Å². The zero-order valence-corrected chi connectivity index (χ0v) is 16.4. The van der Waals surface area contributed by atoms with E-state index in [1.54, 1.807) is 12.1 Å². The fourth-order valence-electron chi connectivity index (χ4n) is 3.64. The van der Waals surface area contributed by atoms with Gasteiger partial charge in [0.15, 0.2) is 0 Å². The summed E-state index contributed by atoms with van der Waals surface area (Å²) in [7, 11) is -3.69. The number of sulfonamides is 1. The van der Waals surface area contributed by atoms with Crippen LogP contribution in [0.15, 0.2) is 59.5 Å². The average Bonchev–Trinajstić information content (AvgIpc) is 2.73. The summed E-state index contributed by atoms with van der Waals surface area (Å²) in [5, 5.41) is 10.3. The Kier molecular flexibility index (Phi) is 4.75. The van der Waals surface area contributed by atoms with Gasteiger partial charge in [-0.3, -0.25) is 4.98 Å². The Morgan fingerprint density at radius 1 is 1.00 bits per heavy atom. The molecular formula is C21H20N4O2S. The Morgan fingerprint density at radius 2 is 1.68 bits per heavy atom. The molecule has 0 unspecified atom stereocenters. The van der Waals surface area contributed by atoms with Crippen molar-refractivity contribution in [2.24, 2.45) is 0 Å². The van der Waals surface area contributed by atoms with Crippen molar-refractivity contribution in [3.8, 4) is 6.07 Å². The predicted molar refractivity (Wildman–Crippen MR) is 109 cm³/mol. The number of nitriles is 1. The van der Waals surface area contributed by atoms with E-state index >= 15 is 0 Å². The molecule has 2 aromatic carbocycles. The number of hydrogen-bond acceptors (Lipinski definition) is 5. The summed E-state index contributed by atoms with van der Waals surface area (Å²) in [6.07, 6.45) is 0. The molecule has 6 nitrogen and oxygen atoms in total. The van der Waals surface area contributed by atoms with E-state index in [1.807, 2.05) is 37.3 Å². The van der Waals surface area contributed by atoms with Gasteiger partial charge in [-0.15, -0.1) is 0 Å². The minimum Gasteiger partial charge on any atom is -0.368 e. The van der Waals surface area contributed by atoms with E-state index in [0.717, 1.165) is 22.3 Å². The van der Waals surface area contributed by atoms with Gasteiger partial charge in [0.1, 0.15) is 6.07 Å². The molecule has 0 aliphatic carbocycles. The fourth-order valence-corrected chi connectivity index (χ4v) is 5.20. The Hall–Kier alpha value is -2.95. The highest BCUT2D eigenvalue weighted by Crippen LogP contribution is 2.29. The molecule has 0 spiro atoms. The normalized spacial score (nSPS) is 15.5. The number of rotatable bonds is 3. The van der Waals surface area contributed by atoms with E-state index in [4.69, 9.17) is 0 Å². The van der Waals surface area contributed by atoms with Gasteiger partial charge in [0, 0.05) is 42.9 Å². The smallest absolute Gasteiger partial charge is 0.244 e. The molecule has 1 saturated heterocycles. The summed E-state index contributed by atoms with van der Waals surface area (Å²) in [6.45, 7) is 3.88. The molecule has 1 fully saturated rings. The lowest BCUT2D eigenvalue weighted by Crippen LogP contribution is -2.48. The van der Waals surface area contributed by atoms with E-state index in [2.05, 4.69) is 16.0 Å². The SMILES string of the molecule is Cc1cc(N2CCN(S(=O)(=O)c3ccccc3C#N)CC2)c2ccccc2n1. The van der Waals surface area contributed by atoms with Crippen LogP contribution < -0.4 is 4.90 Å². The standard InChI is InChI=1S/C21H20N4O2S/c1-16-14-20(18-7-3-4-8-19(18)23-16)24-10-12-25(13-11-24)28(26,27)21-9-5-2-6-17(21)15-22/h2-9,14H,10-13H2,1H3. The van der Waals surface area contributed by atoms with Gasteiger partial charge in [-0.1, -0.05) is 30.3 Å². The molecule has 0 N–H and O–H groups in total. The Labute approximate surface area is 164 Å². The van der Waals surface area contributed by atoms with Crippen LogP contribution in [0.1, 0.15) is 11.3 Å². The summed E-state index contributed by atoms with van der Waals surface area (Å²) in [5.41, 5.74) is 3.14. The number of pyridine rings is 1. The summed E-state index contributed by atoms with van der Waals surface area (Å²) in [4.78, 5) is 6.87. The Balaban J connectivity index is 1.60. The third-order valence-corrected chi connectivity index (χ3v) is 6.98. The molecule has 0 saturated carbocycles. The maximum absolute atomic E-state index is 13.0. The van der Waals surface area contributed by atoms with E-state index in [0.29, 0.717) is 26.2 Å². The van der Waals surface area contributed by atoms with Crippen LogP contribution in [-0.2, 0) is 10.0 Å². The van der Waals surface area contributed by atoms with Crippen LogP contribution in [0.2, 0.25) is 0 Å². The van der Waals surface area contributed by atoms with E-state index in [1.165, 1.54) is 16.4 Å². The van der Waals surface area contributed by atoms with E-state index < -0.39 is 10.0 Å². The molecule has 4 rings (SSSR count). The number of nitrogens with zero attached hydrogens (tertiary/aromatic N) is 4. The van der Waals surface area contributed by atoms with Gasteiger partial charge in [0.05, 0.1) is 16.0 Å². The zero-order chi connectivity index (χ0) is 19.7. The number of benzene rings is 2. The van der Waals surface area contributed by atoms with Crippen molar-refractivity contribution in [3.05, 3.63) is 65.9 Å². The molecular weight excluding hydrogens is 372 g/mol. The van der Waals surface area contributed by atoms with Gasteiger partial charge in [-0.2, -0.15) is 9.57 Å². The second kappa shape index (κ2) is 7.23. The highest BCUT2D eigenvalue weighted by atomic mass is 32.2. The average molecular weight is 392 g/mol. The summed E-state index contributed by atoms with van der Waals surface area (Å²) in [6, 6.07) is 18.4. The number of hydrogen-bond donors (Lipinski definition) is 0. The number of piperazine rings is 1. The maximum Gasteiger partial charge on any atom is 0.244 e. The highest BCUT2D eigenvalue weighted by molar-refractivity contribution is 7.89. The lowest BCUT2D eigenvalue weighted by Gasteiger charge is -2.36. The second-order valence-electron chi connectivity index (χ2n) is 6.80. The molecule has 2 heterocycles. The molecule has 0 atom stereocenters. The molecule has 28 heavy (non-hydrogen) atoms. The zero-order valence-electron chi connectivity index (χ0n) is 15.5.